The molecule has 1 unspecified atom stereocenters. The van der Waals surface area contributed by atoms with E-state index in [1.54, 1.807) is 0 Å². The van der Waals surface area contributed by atoms with Gasteiger partial charge in [-0.25, -0.2) is 0 Å². The van der Waals surface area contributed by atoms with Crippen molar-refractivity contribution < 1.29 is 5.11 Å². The third-order valence-corrected chi connectivity index (χ3v) is 4.06. The number of hydrogen-bond donors (Lipinski definition) is 1. The van der Waals surface area contributed by atoms with Crippen molar-refractivity contribution in [2.45, 2.75) is 44.6 Å². The SMILES string of the molecule is OC(CCc1cccc(Br)c1)C1CCCC1. The summed E-state index contributed by atoms with van der Waals surface area (Å²) >= 11 is 3.47. The van der Waals surface area contributed by atoms with E-state index >= 15 is 0 Å². The monoisotopic (exact) mass is 282 g/mol. The molecule has 0 radical (unpaired) electrons. The van der Waals surface area contributed by atoms with Crippen molar-refractivity contribution in [1.82, 2.24) is 0 Å². The lowest BCUT2D eigenvalue weighted by atomic mass is 9.95. The van der Waals surface area contributed by atoms with E-state index in [0.717, 1.165) is 17.3 Å². The first-order chi connectivity index (χ1) is 7.75. The van der Waals surface area contributed by atoms with Gasteiger partial charge in [-0.3, -0.25) is 0 Å². The van der Waals surface area contributed by atoms with E-state index in [4.69, 9.17) is 0 Å². The molecule has 0 aliphatic heterocycles. The van der Waals surface area contributed by atoms with Crippen LogP contribution in [-0.2, 0) is 6.42 Å². The van der Waals surface area contributed by atoms with E-state index in [-0.39, 0.29) is 6.10 Å². The van der Waals surface area contributed by atoms with Crippen LogP contribution in [0, 0.1) is 5.92 Å². The van der Waals surface area contributed by atoms with Crippen LogP contribution in [0.5, 0.6) is 0 Å². The Balaban J connectivity index is 1.82. The summed E-state index contributed by atoms with van der Waals surface area (Å²) in [5.41, 5.74) is 1.31. The molecule has 2 rings (SSSR count). The quantitative estimate of drug-likeness (QED) is 0.887. The minimum absolute atomic E-state index is 0.0959. The molecule has 88 valence electrons. The van der Waals surface area contributed by atoms with Crippen molar-refractivity contribution in [3.05, 3.63) is 34.3 Å². The maximum Gasteiger partial charge on any atom is 0.0571 e. The number of halogens is 1. The molecule has 0 spiro atoms. The summed E-state index contributed by atoms with van der Waals surface area (Å²) in [5.74, 6) is 0.562. The van der Waals surface area contributed by atoms with Crippen molar-refractivity contribution in [2.75, 3.05) is 0 Å². The van der Waals surface area contributed by atoms with E-state index in [1.807, 2.05) is 6.07 Å². The molecular weight excluding hydrogens is 264 g/mol. The van der Waals surface area contributed by atoms with Crippen LogP contribution in [0.15, 0.2) is 28.7 Å². The average Bonchev–Trinajstić information content (AvgIpc) is 2.79. The predicted octanol–water partition coefficient (Wildman–Crippen LogP) is 3.93. The Bertz CT molecular complexity index is 331. The van der Waals surface area contributed by atoms with Crippen LogP contribution in [0.4, 0.5) is 0 Å². The van der Waals surface area contributed by atoms with Crippen LogP contribution in [0.1, 0.15) is 37.7 Å². The Hall–Kier alpha value is -0.340. The second-order valence-electron chi connectivity index (χ2n) is 4.78. The van der Waals surface area contributed by atoms with Crippen molar-refractivity contribution in [1.29, 1.82) is 0 Å². The molecule has 1 saturated carbocycles. The second kappa shape index (κ2) is 5.83. The first-order valence-corrected chi connectivity index (χ1v) is 6.97. The zero-order chi connectivity index (χ0) is 11.4. The van der Waals surface area contributed by atoms with Gasteiger partial charge in [-0.05, 0) is 49.3 Å². The van der Waals surface area contributed by atoms with Crippen molar-refractivity contribution >= 4 is 15.9 Å². The summed E-state index contributed by atoms with van der Waals surface area (Å²) < 4.78 is 1.13. The van der Waals surface area contributed by atoms with Crippen LogP contribution in [0.3, 0.4) is 0 Å². The van der Waals surface area contributed by atoms with E-state index in [9.17, 15) is 5.11 Å². The molecule has 1 atom stereocenters. The molecule has 0 heterocycles. The van der Waals surface area contributed by atoms with Crippen LogP contribution < -0.4 is 0 Å². The number of hydrogen-bond acceptors (Lipinski definition) is 1. The van der Waals surface area contributed by atoms with Crippen LogP contribution in [0.2, 0.25) is 0 Å². The normalized spacial score (nSPS) is 18.9. The molecular formula is C14H19BrO. The highest BCUT2D eigenvalue weighted by atomic mass is 79.9. The third-order valence-electron chi connectivity index (χ3n) is 3.56. The van der Waals surface area contributed by atoms with Gasteiger partial charge in [0.05, 0.1) is 6.10 Å². The Kier molecular flexibility index (Phi) is 4.42. The second-order valence-corrected chi connectivity index (χ2v) is 5.70. The Morgan fingerprint density at radius 2 is 2.06 bits per heavy atom. The summed E-state index contributed by atoms with van der Waals surface area (Å²) in [7, 11) is 0. The maximum atomic E-state index is 10.1. The van der Waals surface area contributed by atoms with Gasteiger partial charge in [-0.2, -0.15) is 0 Å². The molecule has 0 saturated heterocycles. The summed E-state index contributed by atoms with van der Waals surface area (Å²) in [6.45, 7) is 0. The highest BCUT2D eigenvalue weighted by Crippen LogP contribution is 2.29. The standard InChI is InChI=1S/C14H19BrO/c15-13-7-3-4-11(10-13)8-9-14(16)12-5-1-2-6-12/h3-4,7,10,12,14,16H,1-2,5-6,8-9H2. The van der Waals surface area contributed by atoms with Gasteiger partial charge < -0.3 is 5.11 Å². The molecule has 0 amide bonds. The van der Waals surface area contributed by atoms with E-state index in [2.05, 4.69) is 34.1 Å². The van der Waals surface area contributed by atoms with Gasteiger partial charge in [0.2, 0.25) is 0 Å². The van der Waals surface area contributed by atoms with Crippen LogP contribution in [0.25, 0.3) is 0 Å². The predicted molar refractivity (Wildman–Crippen MR) is 70.4 cm³/mol. The van der Waals surface area contributed by atoms with Gasteiger partial charge in [0, 0.05) is 4.47 Å². The Labute approximate surface area is 106 Å². The van der Waals surface area contributed by atoms with E-state index in [1.165, 1.54) is 31.2 Å². The Morgan fingerprint density at radius 3 is 2.75 bits per heavy atom. The minimum Gasteiger partial charge on any atom is -0.393 e. The topological polar surface area (TPSA) is 20.2 Å². The molecule has 1 aromatic carbocycles. The molecule has 2 heteroatoms. The lowest BCUT2D eigenvalue weighted by Crippen LogP contribution is -2.18. The van der Waals surface area contributed by atoms with E-state index < -0.39 is 0 Å². The number of aliphatic hydroxyl groups excluding tert-OH is 1. The first kappa shape index (κ1) is 12.1. The Morgan fingerprint density at radius 1 is 1.31 bits per heavy atom. The van der Waals surface area contributed by atoms with Gasteiger partial charge in [-0.1, -0.05) is 40.9 Å². The summed E-state index contributed by atoms with van der Waals surface area (Å²) in [6, 6.07) is 8.37. The van der Waals surface area contributed by atoms with Gasteiger partial charge in [0.15, 0.2) is 0 Å². The smallest absolute Gasteiger partial charge is 0.0571 e. The van der Waals surface area contributed by atoms with Gasteiger partial charge >= 0.3 is 0 Å². The van der Waals surface area contributed by atoms with E-state index in [0.29, 0.717) is 5.92 Å². The lowest BCUT2D eigenvalue weighted by Gasteiger charge is -2.17. The van der Waals surface area contributed by atoms with Gasteiger partial charge in [-0.15, -0.1) is 0 Å². The zero-order valence-electron chi connectivity index (χ0n) is 9.53. The highest BCUT2D eigenvalue weighted by Gasteiger charge is 2.22. The minimum atomic E-state index is -0.0959. The van der Waals surface area contributed by atoms with Crippen molar-refractivity contribution in [3.8, 4) is 0 Å². The third kappa shape index (κ3) is 3.33. The van der Waals surface area contributed by atoms with Crippen LogP contribution in [-0.4, -0.2) is 11.2 Å². The van der Waals surface area contributed by atoms with Crippen LogP contribution >= 0.6 is 15.9 Å². The maximum absolute atomic E-state index is 10.1. The zero-order valence-corrected chi connectivity index (χ0v) is 11.1. The summed E-state index contributed by atoms with van der Waals surface area (Å²) in [4.78, 5) is 0. The first-order valence-electron chi connectivity index (χ1n) is 6.18. The molecule has 0 bridgehead atoms. The fourth-order valence-electron chi connectivity index (χ4n) is 2.58. The number of rotatable bonds is 4. The van der Waals surface area contributed by atoms with Crippen molar-refractivity contribution in [3.63, 3.8) is 0 Å². The number of benzene rings is 1. The largest absolute Gasteiger partial charge is 0.393 e. The van der Waals surface area contributed by atoms with Gasteiger partial charge in [0.1, 0.15) is 0 Å². The average molecular weight is 283 g/mol. The highest BCUT2D eigenvalue weighted by molar-refractivity contribution is 9.10. The summed E-state index contributed by atoms with van der Waals surface area (Å²) in [6.07, 6.45) is 6.84. The number of aryl methyl sites for hydroxylation is 1. The van der Waals surface area contributed by atoms with Crippen molar-refractivity contribution in [2.24, 2.45) is 5.92 Å². The number of aliphatic hydroxyl groups is 1. The molecule has 0 aromatic heterocycles. The molecule has 1 aliphatic carbocycles. The fourth-order valence-corrected chi connectivity index (χ4v) is 3.03. The molecule has 1 N–H and O–H groups in total. The molecule has 1 aliphatic rings. The van der Waals surface area contributed by atoms with Gasteiger partial charge in [0.25, 0.3) is 0 Å². The molecule has 1 aromatic rings. The molecule has 16 heavy (non-hydrogen) atoms. The lowest BCUT2D eigenvalue weighted by molar-refractivity contribution is 0.102. The fraction of sp³-hybridized carbons (Fsp3) is 0.571. The molecule has 1 nitrogen and oxygen atoms in total. The molecule has 1 fully saturated rings. The summed E-state index contributed by atoms with van der Waals surface area (Å²) in [5, 5.41) is 10.1.